The van der Waals surface area contributed by atoms with Gasteiger partial charge in [0.25, 0.3) is 0 Å². The van der Waals surface area contributed by atoms with Crippen molar-refractivity contribution in [1.82, 2.24) is 15.5 Å². The van der Waals surface area contributed by atoms with Gasteiger partial charge in [0.15, 0.2) is 11.5 Å². The van der Waals surface area contributed by atoms with Gasteiger partial charge in [-0.3, -0.25) is 14.4 Å². The van der Waals surface area contributed by atoms with Gasteiger partial charge in [0.05, 0.1) is 6.04 Å². The van der Waals surface area contributed by atoms with Gasteiger partial charge in [-0.1, -0.05) is 19.9 Å². The molecule has 1 aromatic carbocycles. The Morgan fingerprint density at radius 2 is 1.87 bits per heavy atom. The van der Waals surface area contributed by atoms with Crippen LogP contribution in [0.2, 0.25) is 0 Å². The minimum absolute atomic E-state index is 0.0640. The molecule has 1 atom stereocenters. The van der Waals surface area contributed by atoms with Gasteiger partial charge in [0, 0.05) is 25.9 Å². The molecule has 3 rings (SSSR count). The van der Waals surface area contributed by atoms with Crippen LogP contribution in [0.3, 0.4) is 0 Å². The average molecular weight is 418 g/mol. The predicted molar refractivity (Wildman–Crippen MR) is 111 cm³/mol. The first-order valence-corrected chi connectivity index (χ1v) is 10.5. The number of nitrogens with one attached hydrogen (secondary N) is 2. The van der Waals surface area contributed by atoms with Crippen LogP contribution in [0.4, 0.5) is 0 Å². The minimum atomic E-state index is -0.905. The number of amides is 3. The Balaban J connectivity index is 1.61. The molecule has 3 amide bonds. The van der Waals surface area contributed by atoms with Crippen molar-refractivity contribution in [2.75, 3.05) is 26.3 Å². The van der Waals surface area contributed by atoms with Crippen LogP contribution in [0.15, 0.2) is 18.2 Å². The van der Waals surface area contributed by atoms with Crippen molar-refractivity contribution in [2.45, 2.75) is 52.1 Å². The van der Waals surface area contributed by atoms with Crippen LogP contribution in [0.1, 0.15) is 52.1 Å². The summed E-state index contributed by atoms with van der Waals surface area (Å²) in [4.78, 5) is 38.9. The fraction of sp³-hybridized carbons (Fsp3) is 0.591. The van der Waals surface area contributed by atoms with Crippen molar-refractivity contribution >= 4 is 17.7 Å². The molecular formula is C22H31N3O5. The molecule has 0 aromatic heterocycles. The van der Waals surface area contributed by atoms with Crippen LogP contribution >= 0.6 is 0 Å². The van der Waals surface area contributed by atoms with Crippen LogP contribution in [0, 0.1) is 5.92 Å². The molecule has 8 heteroatoms. The standard InChI is InChI=1S/C22H31N3O5/c1-14(2)20(15-5-6-16-17(13-15)30-12-11-29-16)24-18(26)7-8-19(27)25-10-9-23-21(28)22(25,3)4/h5-6,13-14,20H,7-12H2,1-4H3,(H,23,28)(H,24,26). The number of piperazine rings is 1. The molecular weight excluding hydrogens is 386 g/mol. The number of rotatable bonds is 6. The molecule has 0 bridgehead atoms. The first-order valence-electron chi connectivity index (χ1n) is 10.5. The Hall–Kier alpha value is -2.77. The minimum Gasteiger partial charge on any atom is -0.486 e. The molecule has 1 fully saturated rings. The van der Waals surface area contributed by atoms with E-state index in [1.807, 2.05) is 32.0 Å². The molecule has 2 N–H and O–H groups in total. The molecule has 164 valence electrons. The molecule has 0 saturated carbocycles. The summed E-state index contributed by atoms with van der Waals surface area (Å²) in [7, 11) is 0. The highest BCUT2D eigenvalue weighted by molar-refractivity contribution is 5.93. The summed E-state index contributed by atoms with van der Waals surface area (Å²) < 4.78 is 11.2. The highest BCUT2D eigenvalue weighted by atomic mass is 16.6. The summed E-state index contributed by atoms with van der Waals surface area (Å²) in [5.74, 6) is 0.973. The molecule has 0 aliphatic carbocycles. The van der Waals surface area contributed by atoms with E-state index in [0.29, 0.717) is 37.8 Å². The van der Waals surface area contributed by atoms with Gasteiger partial charge < -0.3 is 25.0 Å². The summed E-state index contributed by atoms with van der Waals surface area (Å²) >= 11 is 0. The summed E-state index contributed by atoms with van der Waals surface area (Å²) in [5, 5.41) is 5.81. The van der Waals surface area contributed by atoms with E-state index in [1.54, 1.807) is 18.7 Å². The normalized spacial score (nSPS) is 18.6. The number of carbonyl (C=O) groups is 3. The molecule has 0 spiro atoms. The molecule has 1 saturated heterocycles. The Bertz CT molecular complexity index is 821. The Labute approximate surface area is 177 Å². The number of ether oxygens (including phenoxy) is 2. The zero-order valence-corrected chi connectivity index (χ0v) is 18.1. The Kier molecular flexibility index (Phi) is 6.53. The zero-order valence-electron chi connectivity index (χ0n) is 18.1. The van der Waals surface area contributed by atoms with Gasteiger partial charge in [0.1, 0.15) is 18.8 Å². The monoisotopic (exact) mass is 417 g/mol. The highest BCUT2D eigenvalue weighted by Gasteiger charge is 2.40. The third-order valence-electron chi connectivity index (χ3n) is 5.63. The zero-order chi connectivity index (χ0) is 21.9. The van der Waals surface area contributed by atoms with E-state index in [0.717, 1.165) is 5.56 Å². The molecule has 8 nitrogen and oxygen atoms in total. The van der Waals surface area contributed by atoms with Crippen LogP contribution < -0.4 is 20.1 Å². The summed E-state index contributed by atoms with van der Waals surface area (Å²) in [6, 6.07) is 5.48. The van der Waals surface area contributed by atoms with Gasteiger partial charge in [-0.15, -0.1) is 0 Å². The Morgan fingerprint density at radius 3 is 2.57 bits per heavy atom. The SMILES string of the molecule is CC(C)C(NC(=O)CCC(=O)N1CCNC(=O)C1(C)C)c1ccc2c(c1)OCCO2. The lowest BCUT2D eigenvalue weighted by Crippen LogP contribution is -2.63. The third-order valence-corrected chi connectivity index (χ3v) is 5.63. The van der Waals surface area contributed by atoms with E-state index in [4.69, 9.17) is 9.47 Å². The third kappa shape index (κ3) is 4.68. The van der Waals surface area contributed by atoms with Crippen molar-refractivity contribution in [1.29, 1.82) is 0 Å². The molecule has 0 radical (unpaired) electrons. The number of hydrogen-bond donors (Lipinski definition) is 2. The van der Waals surface area contributed by atoms with Crippen molar-refractivity contribution in [3.05, 3.63) is 23.8 Å². The molecule has 1 unspecified atom stereocenters. The lowest BCUT2D eigenvalue weighted by atomic mass is 9.95. The molecule has 1 aromatic rings. The van der Waals surface area contributed by atoms with E-state index >= 15 is 0 Å². The molecule has 2 aliphatic rings. The van der Waals surface area contributed by atoms with Gasteiger partial charge in [-0.25, -0.2) is 0 Å². The van der Waals surface area contributed by atoms with E-state index in [1.165, 1.54) is 0 Å². The second-order valence-corrected chi connectivity index (χ2v) is 8.55. The van der Waals surface area contributed by atoms with E-state index in [9.17, 15) is 14.4 Å². The Morgan fingerprint density at radius 1 is 1.17 bits per heavy atom. The maximum Gasteiger partial charge on any atom is 0.245 e. The fourth-order valence-electron chi connectivity index (χ4n) is 3.83. The number of carbonyl (C=O) groups excluding carboxylic acids is 3. The lowest BCUT2D eigenvalue weighted by Gasteiger charge is -2.41. The summed E-state index contributed by atoms with van der Waals surface area (Å²) in [6.45, 7) is 9.41. The summed E-state index contributed by atoms with van der Waals surface area (Å²) in [5.41, 5.74) is 0.0278. The van der Waals surface area contributed by atoms with E-state index in [-0.39, 0.29) is 42.5 Å². The van der Waals surface area contributed by atoms with Gasteiger partial charge >= 0.3 is 0 Å². The van der Waals surface area contributed by atoms with Crippen LogP contribution in [-0.4, -0.2) is 54.5 Å². The van der Waals surface area contributed by atoms with E-state index in [2.05, 4.69) is 10.6 Å². The average Bonchev–Trinajstić information content (AvgIpc) is 2.71. The second-order valence-electron chi connectivity index (χ2n) is 8.55. The number of hydrogen-bond acceptors (Lipinski definition) is 5. The lowest BCUT2D eigenvalue weighted by molar-refractivity contribution is -0.149. The quantitative estimate of drug-likeness (QED) is 0.736. The van der Waals surface area contributed by atoms with Gasteiger partial charge in [-0.05, 0) is 37.5 Å². The van der Waals surface area contributed by atoms with Crippen molar-refractivity contribution in [3.63, 3.8) is 0 Å². The first kappa shape index (κ1) is 21.9. The smallest absolute Gasteiger partial charge is 0.245 e. The van der Waals surface area contributed by atoms with E-state index < -0.39 is 5.54 Å². The predicted octanol–water partition coefficient (Wildman–Crippen LogP) is 1.79. The number of benzene rings is 1. The van der Waals surface area contributed by atoms with Crippen LogP contribution in [0.5, 0.6) is 11.5 Å². The number of nitrogens with zero attached hydrogens (tertiary/aromatic N) is 1. The maximum atomic E-state index is 12.6. The van der Waals surface area contributed by atoms with Crippen LogP contribution in [-0.2, 0) is 14.4 Å². The molecule has 2 aliphatic heterocycles. The molecule has 30 heavy (non-hydrogen) atoms. The topological polar surface area (TPSA) is 97.0 Å². The van der Waals surface area contributed by atoms with Crippen molar-refractivity contribution in [3.8, 4) is 11.5 Å². The molecule has 2 heterocycles. The summed E-state index contributed by atoms with van der Waals surface area (Å²) in [6.07, 6.45) is 0.134. The van der Waals surface area contributed by atoms with Crippen LogP contribution in [0.25, 0.3) is 0 Å². The fourth-order valence-corrected chi connectivity index (χ4v) is 3.83. The second kappa shape index (κ2) is 8.93. The number of fused-ring (bicyclic) bond motifs is 1. The largest absolute Gasteiger partial charge is 0.486 e. The van der Waals surface area contributed by atoms with Gasteiger partial charge in [0.2, 0.25) is 17.7 Å². The van der Waals surface area contributed by atoms with Crippen molar-refractivity contribution in [2.24, 2.45) is 5.92 Å². The highest BCUT2D eigenvalue weighted by Crippen LogP contribution is 2.34. The van der Waals surface area contributed by atoms with Crippen molar-refractivity contribution < 1.29 is 23.9 Å². The maximum absolute atomic E-state index is 12.6. The first-order chi connectivity index (χ1) is 14.2. The van der Waals surface area contributed by atoms with Gasteiger partial charge in [-0.2, -0.15) is 0 Å².